The molecule has 0 radical (unpaired) electrons. The SMILES string of the molecule is O=C(NC1CN2CCC1C2)c1ccn2cc(Cl)nc2c1. The largest absolute Gasteiger partial charge is 0.348 e. The molecule has 2 bridgehead atoms. The zero-order valence-corrected chi connectivity index (χ0v) is 11.7. The van der Waals surface area contributed by atoms with E-state index >= 15 is 0 Å². The Kier molecular flexibility index (Phi) is 2.72. The van der Waals surface area contributed by atoms with Gasteiger partial charge in [-0.15, -0.1) is 0 Å². The van der Waals surface area contributed by atoms with Crippen molar-refractivity contribution in [3.8, 4) is 0 Å². The van der Waals surface area contributed by atoms with Gasteiger partial charge in [-0.2, -0.15) is 0 Å². The molecular formula is C14H15ClN4O. The predicted octanol–water partition coefficient (Wildman–Crippen LogP) is 1.42. The number of nitrogens with one attached hydrogen (secondary N) is 1. The van der Waals surface area contributed by atoms with Crippen LogP contribution in [0.3, 0.4) is 0 Å². The molecule has 2 aliphatic heterocycles. The molecule has 2 aromatic rings. The summed E-state index contributed by atoms with van der Waals surface area (Å²) in [5, 5.41) is 3.58. The number of fused-ring (bicyclic) bond motifs is 3. The first-order valence-electron chi connectivity index (χ1n) is 6.86. The molecule has 4 heterocycles. The number of piperidine rings is 1. The van der Waals surface area contributed by atoms with Gasteiger partial charge in [0.15, 0.2) is 0 Å². The molecule has 104 valence electrons. The quantitative estimate of drug-likeness (QED) is 0.910. The first-order valence-corrected chi connectivity index (χ1v) is 7.24. The second-order valence-corrected chi connectivity index (χ2v) is 6.02. The highest BCUT2D eigenvalue weighted by Crippen LogP contribution is 2.27. The van der Waals surface area contributed by atoms with Crippen molar-refractivity contribution in [1.82, 2.24) is 19.6 Å². The van der Waals surface area contributed by atoms with Crippen LogP contribution in [0.1, 0.15) is 16.8 Å². The summed E-state index contributed by atoms with van der Waals surface area (Å²) in [5.74, 6) is 0.592. The highest BCUT2D eigenvalue weighted by molar-refractivity contribution is 6.29. The van der Waals surface area contributed by atoms with Crippen LogP contribution >= 0.6 is 11.6 Å². The summed E-state index contributed by atoms with van der Waals surface area (Å²) in [7, 11) is 0. The third kappa shape index (κ3) is 1.98. The van der Waals surface area contributed by atoms with Gasteiger partial charge < -0.3 is 14.6 Å². The Balaban J connectivity index is 1.54. The van der Waals surface area contributed by atoms with Gasteiger partial charge in [0, 0.05) is 37.1 Å². The number of halogens is 1. The number of rotatable bonds is 2. The molecule has 2 fully saturated rings. The number of hydrogen-bond acceptors (Lipinski definition) is 3. The van der Waals surface area contributed by atoms with E-state index in [1.807, 2.05) is 10.6 Å². The van der Waals surface area contributed by atoms with E-state index < -0.39 is 0 Å². The van der Waals surface area contributed by atoms with Gasteiger partial charge in [0.25, 0.3) is 5.91 Å². The molecular weight excluding hydrogens is 276 g/mol. The lowest BCUT2D eigenvalue weighted by Gasteiger charge is -2.23. The molecule has 6 heteroatoms. The summed E-state index contributed by atoms with van der Waals surface area (Å²) in [4.78, 5) is 18.9. The van der Waals surface area contributed by atoms with Crippen LogP contribution in [0.15, 0.2) is 24.5 Å². The van der Waals surface area contributed by atoms with E-state index in [4.69, 9.17) is 11.6 Å². The summed E-state index contributed by atoms with van der Waals surface area (Å²) < 4.78 is 1.81. The molecule has 2 saturated heterocycles. The second kappa shape index (κ2) is 4.46. The number of aromatic nitrogens is 2. The highest BCUT2D eigenvalue weighted by atomic mass is 35.5. The minimum Gasteiger partial charge on any atom is -0.348 e. The fourth-order valence-corrected chi connectivity index (χ4v) is 3.48. The van der Waals surface area contributed by atoms with E-state index in [1.165, 1.54) is 13.0 Å². The summed E-state index contributed by atoms with van der Waals surface area (Å²) >= 11 is 5.86. The average molecular weight is 291 g/mol. The topological polar surface area (TPSA) is 49.6 Å². The number of amides is 1. The Morgan fingerprint density at radius 1 is 1.45 bits per heavy atom. The van der Waals surface area contributed by atoms with Gasteiger partial charge in [0.2, 0.25) is 0 Å². The molecule has 2 aliphatic rings. The van der Waals surface area contributed by atoms with Crippen LogP contribution in [-0.4, -0.2) is 45.9 Å². The highest BCUT2D eigenvalue weighted by Gasteiger charge is 2.38. The van der Waals surface area contributed by atoms with E-state index in [-0.39, 0.29) is 11.9 Å². The van der Waals surface area contributed by atoms with E-state index in [0.717, 1.165) is 13.1 Å². The third-order valence-corrected chi connectivity index (χ3v) is 4.52. The first-order chi connectivity index (χ1) is 9.69. The van der Waals surface area contributed by atoms with E-state index in [0.29, 0.717) is 22.3 Å². The van der Waals surface area contributed by atoms with Crippen LogP contribution in [-0.2, 0) is 0 Å². The number of pyridine rings is 1. The second-order valence-electron chi connectivity index (χ2n) is 5.63. The lowest BCUT2D eigenvalue weighted by Crippen LogP contribution is -2.43. The zero-order chi connectivity index (χ0) is 13.7. The summed E-state index contributed by atoms with van der Waals surface area (Å²) in [6.07, 6.45) is 4.73. The van der Waals surface area contributed by atoms with Gasteiger partial charge in [0.05, 0.1) is 0 Å². The summed E-state index contributed by atoms with van der Waals surface area (Å²) in [6, 6.07) is 3.86. The van der Waals surface area contributed by atoms with Gasteiger partial charge in [-0.1, -0.05) is 11.6 Å². The fraction of sp³-hybridized carbons (Fsp3) is 0.429. The standard InChI is InChI=1S/C14H15ClN4O/c15-12-8-19-4-2-9(5-13(19)17-12)14(20)16-11-7-18-3-1-10(11)6-18/h2,4-5,8,10-11H,1,3,6-7H2,(H,16,20). The third-order valence-electron chi connectivity index (χ3n) is 4.34. The molecule has 5 nitrogen and oxygen atoms in total. The van der Waals surface area contributed by atoms with Crippen molar-refractivity contribution < 1.29 is 4.79 Å². The number of nitrogens with zero attached hydrogens (tertiary/aromatic N) is 3. The van der Waals surface area contributed by atoms with Gasteiger partial charge in [0.1, 0.15) is 10.8 Å². The molecule has 0 spiro atoms. The van der Waals surface area contributed by atoms with E-state index in [1.54, 1.807) is 18.3 Å². The maximum Gasteiger partial charge on any atom is 0.251 e. The van der Waals surface area contributed by atoms with Crippen LogP contribution in [0.2, 0.25) is 5.15 Å². The molecule has 1 N–H and O–H groups in total. The van der Waals surface area contributed by atoms with Crippen molar-refractivity contribution in [3.63, 3.8) is 0 Å². The van der Waals surface area contributed by atoms with Crippen molar-refractivity contribution in [2.45, 2.75) is 12.5 Å². The monoisotopic (exact) mass is 290 g/mol. The van der Waals surface area contributed by atoms with Crippen molar-refractivity contribution in [3.05, 3.63) is 35.2 Å². The maximum absolute atomic E-state index is 12.3. The van der Waals surface area contributed by atoms with Gasteiger partial charge in [-0.05, 0) is 31.0 Å². The van der Waals surface area contributed by atoms with Crippen LogP contribution in [0.4, 0.5) is 0 Å². The number of carbonyl (C=O) groups is 1. The Labute approximate surface area is 121 Å². The van der Waals surface area contributed by atoms with Gasteiger partial charge in [-0.3, -0.25) is 4.79 Å². The lowest BCUT2D eigenvalue weighted by molar-refractivity contribution is 0.0924. The molecule has 20 heavy (non-hydrogen) atoms. The Bertz CT molecular complexity index is 683. The normalized spacial score (nSPS) is 28.1. The molecule has 1 amide bonds. The van der Waals surface area contributed by atoms with Crippen molar-refractivity contribution in [2.24, 2.45) is 5.92 Å². The lowest BCUT2D eigenvalue weighted by atomic mass is 10.00. The summed E-state index contributed by atoms with van der Waals surface area (Å²) in [5.41, 5.74) is 1.33. The molecule has 3 atom stereocenters. The predicted molar refractivity (Wildman–Crippen MR) is 76.0 cm³/mol. The Morgan fingerprint density at radius 3 is 3.10 bits per heavy atom. The van der Waals surface area contributed by atoms with Crippen LogP contribution < -0.4 is 5.32 Å². The van der Waals surface area contributed by atoms with Gasteiger partial charge >= 0.3 is 0 Å². The first kappa shape index (κ1) is 12.2. The smallest absolute Gasteiger partial charge is 0.251 e. The maximum atomic E-state index is 12.3. The minimum atomic E-state index is -0.0228. The molecule has 3 unspecified atom stereocenters. The Morgan fingerprint density at radius 2 is 2.35 bits per heavy atom. The van der Waals surface area contributed by atoms with Crippen molar-refractivity contribution in [1.29, 1.82) is 0 Å². The number of carbonyl (C=O) groups excluding carboxylic acids is 1. The van der Waals surface area contributed by atoms with Crippen molar-refractivity contribution >= 4 is 23.2 Å². The number of imidazole rings is 1. The van der Waals surface area contributed by atoms with Crippen molar-refractivity contribution in [2.75, 3.05) is 19.6 Å². The zero-order valence-electron chi connectivity index (χ0n) is 10.9. The molecule has 4 rings (SSSR count). The van der Waals surface area contributed by atoms with Gasteiger partial charge in [-0.25, -0.2) is 4.98 Å². The fourth-order valence-electron chi connectivity index (χ4n) is 3.29. The Hall–Kier alpha value is -1.59. The molecule has 0 aromatic carbocycles. The van der Waals surface area contributed by atoms with Crippen LogP contribution in [0.25, 0.3) is 5.65 Å². The molecule has 0 saturated carbocycles. The number of hydrogen-bond donors (Lipinski definition) is 1. The summed E-state index contributed by atoms with van der Waals surface area (Å²) in [6.45, 7) is 3.28. The molecule has 0 aliphatic carbocycles. The average Bonchev–Trinajstić information content (AvgIpc) is 3.10. The molecule has 2 aromatic heterocycles. The van der Waals surface area contributed by atoms with Crippen LogP contribution in [0.5, 0.6) is 0 Å². The minimum absolute atomic E-state index is 0.0228. The van der Waals surface area contributed by atoms with E-state index in [2.05, 4.69) is 15.2 Å². The van der Waals surface area contributed by atoms with Crippen LogP contribution in [0, 0.1) is 5.92 Å². The van der Waals surface area contributed by atoms with E-state index in [9.17, 15) is 4.79 Å².